The molecule has 6 heavy (non-hydrogen) atoms. The molecule has 1 aliphatic heterocycles. The van der Waals surface area contributed by atoms with Crippen molar-refractivity contribution in [1.82, 2.24) is 3.47 Å². The van der Waals surface area contributed by atoms with Gasteiger partial charge in [-0.05, 0) is 0 Å². The Morgan fingerprint density at radius 3 is 2.83 bits per heavy atom. The first-order valence-electron chi connectivity index (χ1n) is 1.73. The SMILES string of the molecule is C1=CO[NH][In]=[CH]1. The molecule has 0 atom stereocenters. The summed E-state index contributed by atoms with van der Waals surface area (Å²) in [5.74, 6) is 0. The van der Waals surface area contributed by atoms with Gasteiger partial charge in [-0.3, -0.25) is 0 Å². The molecule has 3 heteroatoms. The first-order chi connectivity index (χ1) is 3.00. The Labute approximate surface area is 47.4 Å². The summed E-state index contributed by atoms with van der Waals surface area (Å²) < 4.78 is 5.00. The Morgan fingerprint density at radius 2 is 2.67 bits per heavy atom. The molecule has 0 fully saturated rings. The van der Waals surface area contributed by atoms with Crippen LogP contribution in [0.4, 0.5) is 0 Å². The minimum absolute atomic E-state index is 0.540. The molecular weight excluding hydrogens is 181 g/mol. The molecule has 1 aliphatic rings. The van der Waals surface area contributed by atoms with Crippen LogP contribution in [0.3, 0.4) is 0 Å². The van der Waals surface area contributed by atoms with Crippen LogP contribution in [-0.2, 0) is 4.84 Å². The molecule has 0 unspecified atom stereocenters. The van der Waals surface area contributed by atoms with Crippen LogP contribution in [0.5, 0.6) is 0 Å². The second kappa shape index (κ2) is 2.29. The van der Waals surface area contributed by atoms with Crippen LogP contribution in [-0.4, -0.2) is 26.5 Å². The molecule has 1 heterocycles. The van der Waals surface area contributed by atoms with Gasteiger partial charge in [0, 0.05) is 0 Å². The van der Waals surface area contributed by atoms with Crippen LogP contribution in [0.15, 0.2) is 12.3 Å². The number of hydrogen-bond donors (Lipinski definition) is 1. The van der Waals surface area contributed by atoms with E-state index in [1.165, 1.54) is 0 Å². The van der Waals surface area contributed by atoms with Gasteiger partial charge in [0.15, 0.2) is 0 Å². The summed E-state index contributed by atoms with van der Waals surface area (Å²) in [5.41, 5.74) is 0. The zero-order valence-electron chi connectivity index (χ0n) is 3.22. The number of rotatable bonds is 0. The van der Waals surface area contributed by atoms with Crippen molar-refractivity contribution in [1.29, 1.82) is 0 Å². The van der Waals surface area contributed by atoms with Gasteiger partial charge < -0.3 is 0 Å². The van der Waals surface area contributed by atoms with E-state index in [2.05, 4.69) is 7.23 Å². The van der Waals surface area contributed by atoms with Crippen LogP contribution in [0, 0.1) is 0 Å². The summed E-state index contributed by atoms with van der Waals surface area (Å²) in [6, 6.07) is 0. The Morgan fingerprint density at radius 1 is 1.67 bits per heavy atom. The summed E-state index contributed by atoms with van der Waals surface area (Å²) in [4.78, 5) is 4.69. The third-order valence-corrected chi connectivity index (χ3v) is 2.45. The van der Waals surface area contributed by atoms with Gasteiger partial charge in [-0.2, -0.15) is 0 Å². The second-order valence-corrected chi connectivity index (χ2v) is 3.65. The molecule has 0 radical (unpaired) electrons. The van der Waals surface area contributed by atoms with Gasteiger partial charge in [0.25, 0.3) is 0 Å². The topological polar surface area (TPSA) is 21.3 Å². The van der Waals surface area contributed by atoms with E-state index in [1.807, 2.05) is 6.08 Å². The van der Waals surface area contributed by atoms with E-state index in [9.17, 15) is 0 Å². The average Bonchev–Trinajstić information content (AvgIpc) is 1.72. The fraction of sp³-hybridized carbons (Fsp3) is 0. The summed E-state index contributed by atoms with van der Waals surface area (Å²) in [5, 5.41) is 0. The first-order valence-corrected chi connectivity index (χ1v) is 5.28. The molecule has 0 aromatic carbocycles. The number of hydrogen-bond acceptors (Lipinski definition) is 2. The van der Waals surface area contributed by atoms with Crippen molar-refractivity contribution in [3.8, 4) is 0 Å². The Bertz CT molecular complexity index is 76.8. The molecule has 30 valence electrons. The molecule has 1 N–H and O–H groups in total. The van der Waals surface area contributed by atoms with Gasteiger partial charge in [0.2, 0.25) is 0 Å². The molecule has 0 aromatic rings. The zero-order chi connectivity index (χ0) is 4.24. The molecule has 0 bridgehead atoms. The summed E-state index contributed by atoms with van der Waals surface area (Å²) in [7, 11) is 0. The van der Waals surface area contributed by atoms with E-state index >= 15 is 0 Å². The molecule has 0 saturated heterocycles. The van der Waals surface area contributed by atoms with Gasteiger partial charge in [-0.25, -0.2) is 0 Å². The zero-order valence-corrected chi connectivity index (χ0v) is 6.51. The van der Waals surface area contributed by atoms with Crippen LogP contribution in [0.2, 0.25) is 0 Å². The molecule has 0 aliphatic carbocycles. The molecule has 0 aromatic heterocycles. The molecular formula is C3H4InNO. The van der Waals surface area contributed by atoms with Gasteiger partial charge in [0.05, 0.1) is 0 Å². The normalized spacial score (nSPS) is 14.7. The molecule has 1 rings (SSSR count). The first kappa shape index (κ1) is 4.24. The molecule has 0 saturated carbocycles. The predicted molar refractivity (Wildman–Crippen MR) is 25.2 cm³/mol. The Balaban J connectivity index is 2.46. The molecule has 2 nitrogen and oxygen atoms in total. The van der Waals surface area contributed by atoms with E-state index in [0.29, 0.717) is 0 Å². The van der Waals surface area contributed by atoms with E-state index in [0.717, 1.165) is 0 Å². The Kier molecular flexibility index (Phi) is 1.62. The van der Waals surface area contributed by atoms with Crippen molar-refractivity contribution < 1.29 is 4.84 Å². The van der Waals surface area contributed by atoms with Crippen molar-refractivity contribution in [2.45, 2.75) is 0 Å². The predicted octanol–water partition coefficient (Wildman–Crippen LogP) is -0.544. The van der Waals surface area contributed by atoms with Gasteiger partial charge in [-0.15, -0.1) is 0 Å². The third kappa shape index (κ3) is 1.05. The van der Waals surface area contributed by atoms with Crippen molar-refractivity contribution in [2.24, 2.45) is 0 Å². The fourth-order valence-corrected chi connectivity index (χ4v) is 1.51. The summed E-state index contributed by atoms with van der Waals surface area (Å²) in [6.07, 6.45) is 3.59. The monoisotopic (exact) mass is 185 g/mol. The average molecular weight is 185 g/mol. The second-order valence-electron chi connectivity index (χ2n) is 0.923. The maximum absolute atomic E-state index is 4.69. The fourth-order valence-electron chi connectivity index (χ4n) is 0.258. The molecule has 0 spiro atoms. The van der Waals surface area contributed by atoms with Gasteiger partial charge in [0.1, 0.15) is 0 Å². The van der Waals surface area contributed by atoms with Crippen LogP contribution in [0.25, 0.3) is 0 Å². The standard InChI is InChI=1S/C3H4NO.In/c1-2-3-5-4;/h1-4H;/q-1;+1. The summed E-state index contributed by atoms with van der Waals surface area (Å²) in [6.45, 7) is 0. The van der Waals surface area contributed by atoms with E-state index in [4.69, 9.17) is 4.84 Å². The number of allylic oxidation sites excluding steroid dienone is 1. The van der Waals surface area contributed by atoms with Gasteiger partial charge in [-0.1, -0.05) is 0 Å². The van der Waals surface area contributed by atoms with Crippen LogP contribution >= 0.6 is 0 Å². The third-order valence-electron chi connectivity index (χ3n) is 0.490. The van der Waals surface area contributed by atoms with E-state index in [-0.39, 0.29) is 0 Å². The molecule has 0 amide bonds. The van der Waals surface area contributed by atoms with Crippen LogP contribution < -0.4 is 3.47 Å². The Hall–Kier alpha value is 0.0801. The van der Waals surface area contributed by atoms with Crippen molar-refractivity contribution in [2.75, 3.05) is 0 Å². The van der Waals surface area contributed by atoms with Crippen molar-refractivity contribution in [3.63, 3.8) is 0 Å². The van der Waals surface area contributed by atoms with Crippen molar-refractivity contribution in [3.05, 3.63) is 12.3 Å². The van der Waals surface area contributed by atoms with E-state index in [1.54, 1.807) is 6.26 Å². The maximum atomic E-state index is 4.69. The van der Waals surface area contributed by atoms with Gasteiger partial charge >= 0.3 is 47.1 Å². The minimum atomic E-state index is -0.540. The quantitative estimate of drug-likeness (QED) is 0.546. The summed E-state index contributed by atoms with van der Waals surface area (Å²) >= 11 is -0.540. The van der Waals surface area contributed by atoms with Crippen LogP contribution in [0.1, 0.15) is 0 Å². The van der Waals surface area contributed by atoms with E-state index < -0.39 is 22.7 Å². The number of nitrogens with one attached hydrogen (secondary N) is 1. The van der Waals surface area contributed by atoms with Crippen molar-refractivity contribution >= 4 is 26.5 Å².